The highest BCUT2D eigenvalue weighted by Crippen LogP contribution is 2.22. The van der Waals surface area contributed by atoms with Crippen molar-refractivity contribution in [1.82, 2.24) is 0 Å². The molecular formula is C26H42O14. The highest BCUT2D eigenvalue weighted by Gasteiger charge is 2.37. The Bertz CT molecular complexity index is 732. The SMILES string of the molecule is CC(=O)OCC(COC(C)=O)OC(C)=O.CCC(=O)OCC(COC(=O)CC)(COC(=O)CC)COC(=O)CC. The van der Waals surface area contributed by atoms with Gasteiger partial charge < -0.3 is 33.2 Å². The molecule has 40 heavy (non-hydrogen) atoms. The van der Waals surface area contributed by atoms with Crippen molar-refractivity contribution in [2.24, 2.45) is 5.41 Å². The molecule has 0 aliphatic rings. The van der Waals surface area contributed by atoms with Gasteiger partial charge in [0.2, 0.25) is 0 Å². The molecular weight excluding hydrogens is 536 g/mol. The van der Waals surface area contributed by atoms with Crippen LogP contribution in [0.3, 0.4) is 0 Å². The molecule has 0 aromatic carbocycles. The molecule has 0 radical (unpaired) electrons. The molecule has 0 spiro atoms. The van der Waals surface area contributed by atoms with Crippen LogP contribution in [-0.2, 0) is 66.7 Å². The van der Waals surface area contributed by atoms with Gasteiger partial charge in [0, 0.05) is 46.5 Å². The highest BCUT2D eigenvalue weighted by atomic mass is 16.6. The van der Waals surface area contributed by atoms with Gasteiger partial charge in [-0.05, 0) is 0 Å². The van der Waals surface area contributed by atoms with E-state index in [4.69, 9.17) is 23.7 Å². The molecule has 0 bridgehead atoms. The van der Waals surface area contributed by atoms with Gasteiger partial charge in [-0.3, -0.25) is 33.6 Å². The van der Waals surface area contributed by atoms with Crippen molar-refractivity contribution in [2.75, 3.05) is 39.6 Å². The maximum atomic E-state index is 11.5. The minimum atomic E-state index is -1.15. The Kier molecular flexibility index (Phi) is 21.3. The van der Waals surface area contributed by atoms with Gasteiger partial charge >= 0.3 is 41.8 Å². The zero-order chi connectivity index (χ0) is 31.1. The number of hydrogen-bond donors (Lipinski definition) is 0. The number of ether oxygens (including phenoxy) is 7. The summed E-state index contributed by atoms with van der Waals surface area (Å²) in [6.45, 7) is 9.16. The van der Waals surface area contributed by atoms with Gasteiger partial charge in [-0.2, -0.15) is 0 Å². The van der Waals surface area contributed by atoms with E-state index in [1.807, 2.05) is 0 Å². The fourth-order valence-corrected chi connectivity index (χ4v) is 2.36. The van der Waals surface area contributed by atoms with Crippen molar-refractivity contribution in [1.29, 1.82) is 0 Å². The molecule has 14 heteroatoms. The van der Waals surface area contributed by atoms with Crippen LogP contribution in [-0.4, -0.2) is 87.5 Å². The van der Waals surface area contributed by atoms with Gasteiger partial charge in [0.25, 0.3) is 0 Å². The molecule has 0 N–H and O–H groups in total. The molecule has 0 saturated heterocycles. The second kappa shape index (κ2) is 22.1. The number of esters is 7. The molecule has 0 saturated carbocycles. The van der Waals surface area contributed by atoms with E-state index < -0.39 is 53.3 Å². The summed E-state index contributed by atoms with van der Waals surface area (Å²) in [4.78, 5) is 77.6. The first-order valence-electron chi connectivity index (χ1n) is 12.8. The van der Waals surface area contributed by atoms with Gasteiger partial charge in [0.15, 0.2) is 6.10 Å². The van der Waals surface area contributed by atoms with E-state index in [-0.39, 0.29) is 65.3 Å². The Morgan fingerprint density at radius 3 is 0.950 bits per heavy atom. The van der Waals surface area contributed by atoms with Crippen LogP contribution in [0.15, 0.2) is 0 Å². The summed E-state index contributed by atoms with van der Waals surface area (Å²) in [5, 5.41) is 0. The lowest BCUT2D eigenvalue weighted by molar-refractivity contribution is -0.170. The number of carbonyl (C=O) groups is 7. The minimum Gasteiger partial charge on any atom is -0.465 e. The van der Waals surface area contributed by atoms with Crippen LogP contribution in [0, 0.1) is 5.41 Å². The normalized spacial score (nSPS) is 10.3. The monoisotopic (exact) mass is 578 g/mol. The first kappa shape index (κ1) is 38.4. The van der Waals surface area contributed by atoms with Crippen LogP contribution in [0.1, 0.15) is 74.1 Å². The Hall–Kier alpha value is -3.71. The molecule has 0 aliphatic heterocycles. The standard InChI is InChI=1S/C17H28O8.C9H14O6/c1-5-13(18)22-9-17(10-23-14(19)6-2,11-24-15(20)7-3)12-25-16(21)8-4;1-6(10)13-4-9(15-8(3)12)5-14-7(2)11/h5-12H2,1-4H3;9H,4-5H2,1-3H3. The van der Waals surface area contributed by atoms with Crippen molar-refractivity contribution in [2.45, 2.75) is 80.3 Å². The molecule has 0 aromatic heterocycles. The van der Waals surface area contributed by atoms with E-state index in [0.717, 1.165) is 0 Å². The molecule has 0 aliphatic carbocycles. The number of hydrogen-bond acceptors (Lipinski definition) is 14. The number of rotatable bonds is 17. The molecule has 0 rings (SSSR count). The van der Waals surface area contributed by atoms with Crippen LogP contribution in [0.5, 0.6) is 0 Å². The molecule has 230 valence electrons. The van der Waals surface area contributed by atoms with Crippen LogP contribution in [0.25, 0.3) is 0 Å². The van der Waals surface area contributed by atoms with Crippen LogP contribution in [0.2, 0.25) is 0 Å². The highest BCUT2D eigenvalue weighted by molar-refractivity contribution is 5.71. The largest absolute Gasteiger partial charge is 0.465 e. The first-order valence-corrected chi connectivity index (χ1v) is 12.8. The molecule has 0 amide bonds. The van der Waals surface area contributed by atoms with E-state index in [9.17, 15) is 33.6 Å². The van der Waals surface area contributed by atoms with Gasteiger partial charge in [0.1, 0.15) is 45.1 Å². The lowest BCUT2D eigenvalue weighted by atomic mass is 9.92. The molecule has 0 unspecified atom stereocenters. The topological polar surface area (TPSA) is 184 Å². The maximum Gasteiger partial charge on any atom is 0.305 e. The lowest BCUT2D eigenvalue weighted by Gasteiger charge is -2.31. The van der Waals surface area contributed by atoms with Crippen molar-refractivity contribution in [3.63, 3.8) is 0 Å². The molecule has 14 nitrogen and oxygen atoms in total. The Morgan fingerprint density at radius 2 is 0.750 bits per heavy atom. The molecule has 0 aromatic rings. The van der Waals surface area contributed by atoms with Gasteiger partial charge in [-0.25, -0.2) is 0 Å². The summed E-state index contributed by atoms with van der Waals surface area (Å²) in [6, 6.07) is 0. The quantitative estimate of drug-likeness (QED) is 0.180. The second-order valence-electron chi connectivity index (χ2n) is 8.39. The van der Waals surface area contributed by atoms with E-state index in [0.29, 0.717) is 0 Å². The second-order valence-corrected chi connectivity index (χ2v) is 8.39. The summed E-state index contributed by atoms with van der Waals surface area (Å²) in [6.07, 6.45) is -0.110. The van der Waals surface area contributed by atoms with Crippen molar-refractivity contribution in [3.05, 3.63) is 0 Å². The van der Waals surface area contributed by atoms with Gasteiger partial charge in [0.05, 0.1) is 0 Å². The molecule has 0 heterocycles. The third kappa shape index (κ3) is 21.2. The lowest BCUT2D eigenvalue weighted by Crippen LogP contribution is -2.43. The fourth-order valence-electron chi connectivity index (χ4n) is 2.36. The fraction of sp³-hybridized carbons (Fsp3) is 0.731. The average molecular weight is 579 g/mol. The number of carbonyl (C=O) groups excluding carboxylic acids is 7. The summed E-state index contributed by atoms with van der Waals surface area (Å²) >= 11 is 0. The molecule has 0 atom stereocenters. The van der Waals surface area contributed by atoms with E-state index in [1.54, 1.807) is 27.7 Å². The summed E-state index contributed by atoms with van der Waals surface area (Å²) in [5.74, 6) is -3.36. The Balaban J connectivity index is 0. The summed E-state index contributed by atoms with van der Waals surface area (Å²) in [5.41, 5.74) is -1.15. The minimum absolute atomic E-state index is 0.123. The van der Waals surface area contributed by atoms with E-state index in [1.165, 1.54) is 20.8 Å². The summed E-state index contributed by atoms with van der Waals surface area (Å²) in [7, 11) is 0. The molecule has 0 fully saturated rings. The zero-order valence-electron chi connectivity index (χ0n) is 24.4. The van der Waals surface area contributed by atoms with Crippen LogP contribution >= 0.6 is 0 Å². The van der Waals surface area contributed by atoms with Crippen LogP contribution in [0.4, 0.5) is 0 Å². The third-order valence-electron chi connectivity index (χ3n) is 4.59. The first-order chi connectivity index (χ1) is 18.7. The summed E-state index contributed by atoms with van der Waals surface area (Å²) < 4.78 is 34.6. The predicted octanol–water partition coefficient (Wildman–Crippen LogP) is 1.83. The Labute approximate surface area is 234 Å². The van der Waals surface area contributed by atoms with Crippen LogP contribution < -0.4 is 0 Å². The van der Waals surface area contributed by atoms with Gasteiger partial charge in [-0.1, -0.05) is 27.7 Å². The van der Waals surface area contributed by atoms with Crippen molar-refractivity contribution >= 4 is 41.8 Å². The maximum absolute atomic E-state index is 11.5. The van der Waals surface area contributed by atoms with Gasteiger partial charge in [-0.15, -0.1) is 0 Å². The Morgan fingerprint density at radius 1 is 0.475 bits per heavy atom. The van der Waals surface area contributed by atoms with Crippen molar-refractivity contribution in [3.8, 4) is 0 Å². The zero-order valence-corrected chi connectivity index (χ0v) is 24.4. The predicted molar refractivity (Wildman–Crippen MR) is 136 cm³/mol. The third-order valence-corrected chi connectivity index (χ3v) is 4.59. The van der Waals surface area contributed by atoms with E-state index in [2.05, 4.69) is 9.47 Å². The average Bonchev–Trinajstić information content (AvgIpc) is 2.92. The van der Waals surface area contributed by atoms with E-state index >= 15 is 0 Å². The smallest absolute Gasteiger partial charge is 0.305 e. The van der Waals surface area contributed by atoms with Crippen molar-refractivity contribution < 1.29 is 66.7 Å².